The molecule has 2 aliphatic rings. The van der Waals surface area contributed by atoms with Crippen molar-refractivity contribution in [2.24, 2.45) is 0 Å². The third-order valence-electron chi connectivity index (χ3n) is 17.5. The van der Waals surface area contributed by atoms with Crippen molar-refractivity contribution in [1.82, 2.24) is 0 Å². The zero-order valence-corrected chi connectivity index (χ0v) is 52.5. The van der Waals surface area contributed by atoms with Crippen molar-refractivity contribution >= 4 is 23.9 Å². The standard InChI is InChI=1S/C74H114O8/c1-5-9-13-17-21-25-29-33-37-41-71(75)79-67-53-55-69(81-73(77)43-39-35-31-27-23-19-15-11-7-3)65-57-61(49-51-63(65)67)59-45-47-60(48-46-59)62-50-52-64-66(58-62)70(82-74(78)44-40-36-32-28-24-20-16-12-8-4)56-54-68(64)80-72(76)42-38-34-30-26-22-18-14-10-6-2/h45-52,57-58,67-70H,5-44,53-56H2,1-4H3. The predicted octanol–water partition coefficient (Wildman–Crippen LogP) is 22.6. The summed E-state index contributed by atoms with van der Waals surface area (Å²) in [5.41, 5.74) is 7.76. The first-order valence-corrected chi connectivity index (χ1v) is 34.4. The Labute approximate surface area is 499 Å². The van der Waals surface area contributed by atoms with E-state index in [1.165, 1.54) is 154 Å². The number of carbonyl (C=O) groups excluding carboxylic acids is 4. The summed E-state index contributed by atoms with van der Waals surface area (Å²) >= 11 is 0. The summed E-state index contributed by atoms with van der Waals surface area (Å²) in [7, 11) is 0. The van der Waals surface area contributed by atoms with Gasteiger partial charge >= 0.3 is 23.9 Å². The average molecular weight is 1130 g/mol. The van der Waals surface area contributed by atoms with E-state index in [0.29, 0.717) is 51.4 Å². The van der Waals surface area contributed by atoms with E-state index in [9.17, 15) is 19.2 Å². The van der Waals surface area contributed by atoms with E-state index in [4.69, 9.17) is 18.9 Å². The Morgan fingerprint density at radius 2 is 0.463 bits per heavy atom. The Bertz CT molecular complexity index is 2060. The highest BCUT2D eigenvalue weighted by Gasteiger charge is 2.34. The number of hydrogen-bond donors (Lipinski definition) is 0. The second kappa shape index (κ2) is 42.4. The van der Waals surface area contributed by atoms with Gasteiger partial charge in [0, 0.05) is 25.7 Å². The molecule has 0 aliphatic heterocycles. The predicted molar refractivity (Wildman–Crippen MR) is 338 cm³/mol. The topological polar surface area (TPSA) is 105 Å². The smallest absolute Gasteiger partial charge is 0.306 e. The van der Waals surface area contributed by atoms with Crippen LogP contribution in [0, 0.1) is 0 Å². The van der Waals surface area contributed by atoms with Gasteiger partial charge in [0.25, 0.3) is 0 Å². The summed E-state index contributed by atoms with van der Waals surface area (Å²) in [6.45, 7) is 9.00. The summed E-state index contributed by atoms with van der Waals surface area (Å²) < 4.78 is 25.1. The van der Waals surface area contributed by atoms with Crippen molar-refractivity contribution in [3.05, 3.63) is 82.9 Å². The van der Waals surface area contributed by atoms with E-state index in [0.717, 1.165) is 122 Å². The number of unbranched alkanes of at least 4 members (excludes halogenated alkanes) is 32. The highest BCUT2D eigenvalue weighted by atomic mass is 16.6. The molecule has 0 bridgehead atoms. The van der Waals surface area contributed by atoms with Crippen LogP contribution in [0.25, 0.3) is 22.3 Å². The van der Waals surface area contributed by atoms with Gasteiger partial charge in [0.1, 0.15) is 24.4 Å². The van der Waals surface area contributed by atoms with E-state index in [1.807, 2.05) is 0 Å². The van der Waals surface area contributed by atoms with Crippen molar-refractivity contribution in [3.63, 3.8) is 0 Å². The lowest BCUT2D eigenvalue weighted by atomic mass is 9.84. The average Bonchev–Trinajstić information content (AvgIpc) is 3.61. The van der Waals surface area contributed by atoms with Crippen molar-refractivity contribution in [2.45, 2.75) is 335 Å². The van der Waals surface area contributed by atoms with E-state index < -0.39 is 12.2 Å². The largest absolute Gasteiger partial charge is 0.457 e. The fourth-order valence-corrected chi connectivity index (χ4v) is 12.4. The summed E-state index contributed by atoms with van der Waals surface area (Å²) in [6.07, 6.45) is 45.4. The highest BCUT2D eigenvalue weighted by molar-refractivity contribution is 5.75. The quantitative estimate of drug-likeness (QED) is 0.0313. The molecule has 0 radical (unpaired) electrons. The number of benzene rings is 3. The van der Waals surface area contributed by atoms with Gasteiger partial charge in [-0.3, -0.25) is 19.2 Å². The maximum atomic E-state index is 13.4. The van der Waals surface area contributed by atoms with Gasteiger partial charge < -0.3 is 18.9 Å². The first-order valence-electron chi connectivity index (χ1n) is 34.4. The van der Waals surface area contributed by atoms with E-state index in [-0.39, 0.29) is 36.1 Å². The first-order chi connectivity index (χ1) is 40.2. The van der Waals surface area contributed by atoms with Crippen LogP contribution in [-0.4, -0.2) is 23.9 Å². The van der Waals surface area contributed by atoms with E-state index in [1.54, 1.807) is 0 Å². The molecule has 0 saturated heterocycles. The number of carbonyl (C=O) groups is 4. The molecule has 458 valence electrons. The third kappa shape index (κ3) is 26.6. The Kier molecular flexibility index (Phi) is 35.3. The molecule has 3 aromatic rings. The number of hydrogen-bond acceptors (Lipinski definition) is 8. The Balaban J connectivity index is 1.27. The maximum Gasteiger partial charge on any atom is 0.306 e. The van der Waals surface area contributed by atoms with Gasteiger partial charge in [0.05, 0.1) is 0 Å². The molecule has 0 fully saturated rings. The van der Waals surface area contributed by atoms with Crippen LogP contribution in [0.15, 0.2) is 60.7 Å². The summed E-state index contributed by atoms with van der Waals surface area (Å²) in [6, 6.07) is 21.2. The molecular formula is C74H114O8. The second-order valence-corrected chi connectivity index (χ2v) is 24.6. The molecule has 8 heteroatoms. The maximum absolute atomic E-state index is 13.4. The summed E-state index contributed by atoms with van der Waals surface area (Å²) in [4.78, 5) is 53.5. The Morgan fingerprint density at radius 1 is 0.268 bits per heavy atom. The van der Waals surface area contributed by atoms with Crippen LogP contribution in [-0.2, 0) is 38.1 Å². The van der Waals surface area contributed by atoms with Crippen LogP contribution in [0.3, 0.4) is 0 Å². The van der Waals surface area contributed by atoms with Crippen LogP contribution in [0.1, 0.15) is 357 Å². The molecule has 4 unspecified atom stereocenters. The number of rotatable bonds is 46. The summed E-state index contributed by atoms with van der Waals surface area (Å²) in [5.74, 6) is -0.621. The van der Waals surface area contributed by atoms with E-state index in [2.05, 4.69) is 88.4 Å². The molecule has 0 spiro atoms. The molecule has 0 aromatic heterocycles. The van der Waals surface area contributed by atoms with Crippen LogP contribution in [0.4, 0.5) is 0 Å². The minimum absolute atomic E-state index is 0.152. The number of esters is 4. The molecule has 8 nitrogen and oxygen atoms in total. The SMILES string of the molecule is CCCCCCCCCCCC(=O)OC1CCC(OC(=O)CCCCCCCCCCC)c2cc(-c3ccc(-c4ccc5c(c4)C(OC(=O)CCCCCCCCCCC)CCC5OC(=O)CCCCCCCCCCC)cc3)ccc21. The van der Waals surface area contributed by atoms with Gasteiger partial charge in [0.2, 0.25) is 0 Å². The van der Waals surface area contributed by atoms with Crippen molar-refractivity contribution < 1.29 is 38.1 Å². The van der Waals surface area contributed by atoms with Gasteiger partial charge in [-0.25, -0.2) is 0 Å². The third-order valence-corrected chi connectivity index (χ3v) is 17.5. The molecular weight excluding hydrogens is 1020 g/mol. The van der Waals surface area contributed by atoms with Gasteiger partial charge in [0.15, 0.2) is 0 Å². The number of ether oxygens (including phenoxy) is 4. The summed E-state index contributed by atoms with van der Waals surface area (Å²) in [5, 5.41) is 0. The molecule has 0 saturated carbocycles. The molecule has 3 aromatic carbocycles. The first kappa shape index (κ1) is 68.3. The fraction of sp³-hybridized carbons (Fsp3) is 0.703. The molecule has 5 rings (SSSR count). The van der Waals surface area contributed by atoms with Crippen LogP contribution >= 0.6 is 0 Å². The highest BCUT2D eigenvalue weighted by Crippen LogP contribution is 2.45. The minimum Gasteiger partial charge on any atom is -0.457 e. The minimum atomic E-state index is -0.409. The zero-order valence-electron chi connectivity index (χ0n) is 52.5. The molecule has 0 N–H and O–H groups in total. The molecule has 4 atom stereocenters. The van der Waals surface area contributed by atoms with Gasteiger partial charge in [-0.1, -0.05) is 282 Å². The van der Waals surface area contributed by atoms with Crippen LogP contribution in [0.5, 0.6) is 0 Å². The van der Waals surface area contributed by atoms with Crippen LogP contribution in [0.2, 0.25) is 0 Å². The zero-order chi connectivity index (χ0) is 58.2. The van der Waals surface area contributed by atoms with Crippen LogP contribution < -0.4 is 0 Å². The van der Waals surface area contributed by atoms with Crippen molar-refractivity contribution in [3.8, 4) is 22.3 Å². The fourth-order valence-electron chi connectivity index (χ4n) is 12.4. The molecule has 0 amide bonds. The van der Waals surface area contributed by atoms with Gasteiger partial charge in [-0.05, 0) is 108 Å². The van der Waals surface area contributed by atoms with Gasteiger partial charge in [-0.15, -0.1) is 0 Å². The molecule has 2 aliphatic carbocycles. The normalized spacial score (nSPS) is 16.5. The monoisotopic (exact) mass is 1130 g/mol. The Morgan fingerprint density at radius 3 is 0.695 bits per heavy atom. The lowest BCUT2D eigenvalue weighted by Crippen LogP contribution is -2.22. The molecule has 0 heterocycles. The van der Waals surface area contributed by atoms with Crippen molar-refractivity contribution in [2.75, 3.05) is 0 Å². The Hall–Kier alpha value is -4.46. The second-order valence-electron chi connectivity index (χ2n) is 24.6. The van der Waals surface area contributed by atoms with E-state index >= 15 is 0 Å². The van der Waals surface area contributed by atoms with Gasteiger partial charge in [-0.2, -0.15) is 0 Å². The lowest BCUT2D eigenvalue weighted by Gasteiger charge is -2.32. The van der Waals surface area contributed by atoms with Crippen molar-refractivity contribution in [1.29, 1.82) is 0 Å². The molecule has 82 heavy (non-hydrogen) atoms. The number of fused-ring (bicyclic) bond motifs is 2. The lowest BCUT2D eigenvalue weighted by molar-refractivity contribution is -0.156.